The van der Waals surface area contributed by atoms with Crippen molar-refractivity contribution in [3.63, 3.8) is 0 Å². The van der Waals surface area contributed by atoms with Crippen LogP contribution in [0.25, 0.3) is 0 Å². The van der Waals surface area contributed by atoms with Gasteiger partial charge in [0.1, 0.15) is 0 Å². The Bertz CT molecular complexity index is 568. The molecule has 0 atom stereocenters. The highest BCUT2D eigenvalue weighted by Crippen LogP contribution is 2.19. The SMILES string of the molecule is CCOCCS(=O)(=O)Nc1ccc(C)cc1C(=O)OC. The van der Waals surface area contributed by atoms with Gasteiger partial charge in [-0.1, -0.05) is 11.6 Å². The Balaban J connectivity index is 2.94. The highest BCUT2D eigenvalue weighted by Gasteiger charge is 2.17. The molecule has 1 aromatic rings. The van der Waals surface area contributed by atoms with Gasteiger partial charge in [-0.3, -0.25) is 4.72 Å². The summed E-state index contributed by atoms with van der Waals surface area (Å²) in [6.07, 6.45) is 0. The molecule has 0 saturated heterocycles. The number of carbonyl (C=O) groups is 1. The average Bonchev–Trinajstić information content (AvgIpc) is 2.40. The van der Waals surface area contributed by atoms with Gasteiger partial charge < -0.3 is 9.47 Å². The number of anilines is 1. The van der Waals surface area contributed by atoms with E-state index in [1.54, 1.807) is 32.0 Å². The highest BCUT2D eigenvalue weighted by molar-refractivity contribution is 7.92. The third-order valence-electron chi connectivity index (χ3n) is 2.55. The number of hydrogen-bond acceptors (Lipinski definition) is 5. The van der Waals surface area contributed by atoms with Gasteiger partial charge in [0.15, 0.2) is 0 Å². The Morgan fingerprint density at radius 1 is 1.35 bits per heavy atom. The second-order valence-corrected chi connectivity index (χ2v) is 6.00. The number of nitrogens with one attached hydrogen (secondary N) is 1. The van der Waals surface area contributed by atoms with Crippen molar-refractivity contribution in [3.8, 4) is 0 Å². The molecule has 0 radical (unpaired) electrons. The van der Waals surface area contributed by atoms with Crippen LogP contribution in [0.5, 0.6) is 0 Å². The van der Waals surface area contributed by atoms with E-state index in [2.05, 4.69) is 9.46 Å². The normalized spacial score (nSPS) is 11.2. The fourth-order valence-corrected chi connectivity index (χ4v) is 2.51. The first-order valence-electron chi connectivity index (χ1n) is 6.17. The van der Waals surface area contributed by atoms with E-state index in [-0.39, 0.29) is 23.6 Å². The van der Waals surface area contributed by atoms with E-state index in [1.807, 2.05) is 0 Å². The zero-order chi connectivity index (χ0) is 15.2. The zero-order valence-electron chi connectivity index (χ0n) is 11.8. The average molecular weight is 301 g/mol. The number of ether oxygens (including phenoxy) is 2. The summed E-state index contributed by atoms with van der Waals surface area (Å²) in [6, 6.07) is 4.83. The number of hydrogen-bond donors (Lipinski definition) is 1. The Hall–Kier alpha value is -1.60. The van der Waals surface area contributed by atoms with Gasteiger partial charge in [0.05, 0.1) is 30.7 Å². The minimum absolute atomic E-state index is 0.102. The van der Waals surface area contributed by atoms with Crippen molar-refractivity contribution >= 4 is 21.7 Å². The molecule has 0 amide bonds. The van der Waals surface area contributed by atoms with Crippen LogP contribution in [0.4, 0.5) is 5.69 Å². The summed E-state index contributed by atoms with van der Waals surface area (Å²) in [5.74, 6) is -0.758. The summed E-state index contributed by atoms with van der Waals surface area (Å²) in [4.78, 5) is 11.7. The lowest BCUT2D eigenvalue weighted by Gasteiger charge is -2.12. The maximum absolute atomic E-state index is 11.9. The molecular formula is C13H19NO5S. The number of esters is 1. The molecule has 7 heteroatoms. The summed E-state index contributed by atoms with van der Waals surface area (Å²) in [5, 5.41) is 0. The molecule has 0 spiro atoms. The molecule has 0 saturated carbocycles. The fraction of sp³-hybridized carbons (Fsp3) is 0.462. The van der Waals surface area contributed by atoms with Gasteiger partial charge in [-0.25, -0.2) is 13.2 Å². The van der Waals surface area contributed by atoms with E-state index >= 15 is 0 Å². The molecule has 0 bridgehead atoms. The lowest BCUT2D eigenvalue weighted by molar-refractivity contribution is 0.0602. The van der Waals surface area contributed by atoms with Gasteiger partial charge >= 0.3 is 5.97 Å². The number of carbonyl (C=O) groups excluding carboxylic acids is 1. The molecule has 1 N–H and O–H groups in total. The summed E-state index contributed by atoms with van der Waals surface area (Å²) >= 11 is 0. The van der Waals surface area contributed by atoms with Gasteiger partial charge in [-0.15, -0.1) is 0 Å². The maximum Gasteiger partial charge on any atom is 0.340 e. The first-order valence-corrected chi connectivity index (χ1v) is 7.82. The highest BCUT2D eigenvalue weighted by atomic mass is 32.2. The number of rotatable bonds is 7. The van der Waals surface area contributed by atoms with Gasteiger partial charge in [0, 0.05) is 6.61 Å². The molecule has 0 heterocycles. The molecule has 6 nitrogen and oxygen atoms in total. The van der Waals surface area contributed by atoms with E-state index in [4.69, 9.17) is 4.74 Å². The van der Waals surface area contributed by atoms with E-state index < -0.39 is 16.0 Å². The van der Waals surface area contributed by atoms with Crippen molar-refractivity contribution in [3.05, 3.63) is 29.3 Å². The molecule has 20 heavy (non-hydrogen) atoms. The van der Waals surface area contributed by atoms with Crippen molar-refractivity contribution < 1.29 is 22.7 Å². The van der Waals surface area contributed by atoms with E-state index in [9.17, 15) is 13.2 Å². The number of methoxy groups -OCH3 is 1. The van der Waals surface area contributed by atoms with Crippen LogP contribution in [-0.4, -0.2) is 40.5 Å². The molecule has 0 aliphatic carbocycles. The Kier molecular flexibility index (Phi) is 5.97. The standard InChI is InChI=1S/C13H19NO5S/c1-4-19-7-8-20(16,17)14-12-6-5-10(2)9-11(12)13(15)18-3/h5-6,9,14H,4,7-8H2,1-3H3. The van der Waals surface area contributed by atoms with Crippen LogP contribution >= 0.6 is 0 Å². The number of sulfonamides is 1. The lowest BCUT2D eigenvalue weighted by Crippen LogP contribution is -2.21. The molecule has 0 aromatic heterocycles. The van der Waals surface area contributed by atoms with E-state index in [0.29, 0.717) is 6.61 Å². The molecular weight excluding hydrogens is 282 g/mol. The second-order valence-electron chi connectivity index (χ2n) is 4.16. The third-order valence-corrected chi connectivity index (χ3v) is 3.78. The zero-order valence-corrected chi connectivity index (χ0v) is 12.6. The van der Waals surface area contributed by atoms with Crippen LogP contribution < -0.4 is 4.72 Å². The Morgan fingerprint density at radius 3 is 2.65 bits per heavy atom. The first-order chi connectivity index (χ1) is 9.39. The topological polar surface area (TPSA) is 81.7 Å². The van der Waals surface area contributed by atoms with Crippen molar-refractivity contribution in [2.75, 3.05) is 30.8 Å². The fourth-order valence-electron chi connectivity index (χ4n) is 1.56. The quantitative estimate of drug-likeness (QED) is 0.610. The van der Waals surface area contributed by atoms with Crippen molar-refractivity contribution in [1.29, 1.82) is 0 Å². The van der Waals surface area contributed by atoms with Crippen molar-refractivity contribution in [2.24, 2.45) is 0 Å². The molecule has 1 aromatic carbocycles. The number of aryl methyl sites for hydroxylation is 1. The monoisotopic (exact) mass is 301 g/mol. The minimum Gasteiger partial charge on any atom is -0.465 e. The van der Waals surface area contributed by atoms with Gasteiger partial charge in [0.2, 0.25) is 10.0 Å². The lowest BCUT2D eigenvalue weighted by atomic mass is 10.1. The van der Waals surface area contributed by atoms with Gasteiger partial charge in [-0.2, -0.15) is 0 Å². The summed E-state index contributed by atoms with van der Waals surface area (Å²) in [6.45, 7) is 4.15. The van der Waals surface area contributed by atoms with Crippen molar-refractivity contribution in [1.82, 2.24) is 0 Å². The molecule has 0 fully saturated rings. The van der Waals surface area contributed by atoms with Crippen LogP contribution in [0.1, 0.15) is 22.8 Å². The second kappa shape index (κ2) is 7.25. The van der Waals surface area contributed by atoms with E-state index in [0.717, 1.165) is 5.56 Å². The maximum atomic E-state index is 11.9. The van der Waals surface area contributed by atoms with Crippen LogP contribution in [0, 0.1) is 6.92 Å². The largest absolute Gasteiger partial charge is 0.465 e. The van der Waals surface area contributed by atoms with Crippen LogP contribution in [0.2, 0.25) is 0 Å². The van der Waals surface area contributed by atoms with Crippen LogP contribution in [0.15, 0.2) is 18.2 Å². The smallest absolute Gasteiger partial charge is 0.340 e. The summed E-state index contributed by atoms with van der Waals surface area (Å²) in [7, 11) is -2.32. The number of benzene rings is 1. The predicted molar refractivity (Wildman–Crippen MR) is 76.4 cm³/mol. The first kappa shape index (κ1) is 16.5. The molecule has 0 aliphatic rings. The summed E-state index contributed by atoms with van der Waals surface area (Å²) < 4.78 is 35.8. The van der Waals surface area contributed by atoms with Crippen LogP contribution in [0.3, 0.4) is 0 Å². The Morgan fingerprint density at radius 2 is 2.05 bits per heavy atom. The third kappa shape index (κ3) is 4.82. The van der Waals surface area contributed by atoms with Gasteiger partial charge in [-0.05, 0) is 26.0 Å². The van der Waals surface area contributed by atoms with Crippen LogP contribution in [-0.2, 0) is 19.5 Å². The molecule has 112 valence electrons. The predicted octanol–water partition coefficient (Wildman–Crippen LogP) is 1.56. The van der Waals surface area contributed by atoms with Crippen molar-refractivity contribution in [2.45, 2.75) is 13.8 Å². The Labute approximate surface area is 119 Å². The summed E-state index contributed by atoms with van der Waals surface area (Å²) in [5.41, 5.74) is 1.23. The molecule has 0 unspecified atom stereocenters. The van der Waals surface area contributed by atoms with E-state index in [1.165, 1.54) is 7.11 Å². The van der Waals surface area contributed by atoms with Gasteiger partial charge in [0.25, 0.3) is 0 Å². The minimum atomic E-state index is -3.57. The molecule has 1 rings (SSSR count). The molecule has 0 aliphatic heterocycles.